The number of carbonyl (C=O) groups excluding carboxylic acids is 3. The fourth-order valence-corrected chi connectivity index (χ4v) is 8.26. The second-order valence-electron chi connectivity index (χ2n) is 20.6. The van der Waals surface area contributed by atoms with Gasteiger partial charge >= 0.3 is 11.9 Å². The summed E-state index contributed by atoms with van der Waals surface area (Å²) in [6.07, 6.45) is 55.3. The van der Waals surface area contributed by atoms with Crippen molar-refractivity contribution in [1.82, 2.24) is 0 Å². The van der Waals surface area contributed by atoms with Crippen LogP contribution in [0.3, 0.4) is 0 Å². The molecule has 0 fully saturated rings. The van der Waals surface area contributed by atoms with E-state index < -0.39 is 24.3 Å². The van der Waals surface area contributed by atoms with Crippen LogP contribution in [0.25, 0.3) is 0 Å². The Kier molecular flexibility index (Phi) is 48.5. The molecule has 9 nitrogen and oxygen atoms in total. The highest BCUT2D eigenvalue weighted by atomic mass is 16.7. The molecule has 2 unspecified atom stereocenters. The van der Waals surface area contributed by atoms with Crippen molar-refractivity contribution in [3.8, 4) is 0 Å². The Balaban J connectivity index is 4.11. The van der Waals surface area contributed by atoms with E-state index in [9.17, 15) is 19.5 Å². The summed E-state index contributed by atoms with van der Waals surface area (Å²) in [4.78, 5) is 37.2. The third kappa shape index (κ3) is 51.4. The maximum absolute atomic E-state index is 12.8. The van der Waals surface area contributed by atoms with E-state index >= 15 is 0 Å². The topological polar surface area (TPSA) is 111 Å². The largest absolute Gasteiger partial charge is 0.545 e. The summed E-state index contributed by atoms with van der Waals surface area (Å²) in [5.41, 5.74) is 0. The lowest BCUT2D eigenvalue weighted by Crippen LogP contribution is -2.44. The highest BCUT2D eigenvalue weighted by Crippen LogP contribution is 2.17. The van der Waals surface area contributed by atoms with Crippen molar-refractivity contribution < 1.29 is 42.9 Å². The molecule has 9 heteroatoms. The number of aliphatic carboxylic acids is 1. The van der Waals surface area contributed by atoms with E-state index in [1.807, 2.05) is 21.1 Å². The molecule has 0 aliphatic carbocycles. The first-order valence-electron chi connectivity index (χ1n) is 28.5. The van der Waals surface area contributed by atoms with Crippen LogP contribution in [0, 0.1) is 0 Å². The van der Waals surface area contributed by atoms with Crippen LogP contribution in [-0.2, 0) is 33.3 Å². The molecule has 0 bridgehead atoms. The Hall–Kier alpha value is -2.23. The van der Waals surface area contributed by atoms with Crippen molar-refractivity contribution in [3.05, 3.63) is 24.3 Å². The van der Waals surface area contributed by atoms with Crippen molar-refractivity contribution in [2.24, 2.45) is 0 Å². The molecule has 0 aromatic rings. The number of rotatable bonds is 53. The number of carboxylic acids is 1. The lowest BCUT2D eigenvalue weighted by atomic mass is 10.0. The first-order chi connectivity index (χ1) is 32.6. The van der Waals surface area contributed by atoms with Crippen LogP contribution in [0.1, 0.15) is 271 Å². The molecule has 0 N–H and O–H groups in total. The van der Waals surface area contributed by atoms with Gasteiger partial charge in [0, 0.05) is 12.8 Å². The third-order valence-electron chi connectivity index (χ3n) is 12.7. The van der Waals surface area contributed by atoms with Crippen molar-refractivity contribution in [1.29, 1.82) is 0 Å². The zero-order chi connectivity index (χ0) is 49.2. The van der Waals surface area contributed by atoms with Crippen LogP contribution in [0.4, 0.5) is 0 Å². The molecular weight excluding hydrogens is 839 g/mol. The average molecular weight is 949 g/mol. The molecule has 0 saturated heterocycles. The van der Waals surface area contributed by atoms with Gasteiger partial charge in [-0.2, -0.15) is 0 Å². The van der Waals surface area contributed by atoms with E-state index in [-0.39, 0.29) is 32.2 Å². The number of esters is 2. The molecule has 0 heterocycles. The fourth-order valence-electron chi connectivity index (χ4n) is 8.26. The molecule has 2 atom stereocenters. The summed E-state index contributed by atoms with van der Waals surface area (Å²) in [7, 11) is 5.92. The number of hydrogen-bond acceptors (Lipinski definition) is 8. The third-order valence-corrected chi connectivity index (χ3v) is 12.7. The predicted molar refractivity (Wildman–Crippen MR) is 279 cm³/mol. The Morgan fingerprint density at radius 1 is 0.448 bits per heavy atom. The molecule has 0 aliphatic heterocycles. The quantitative estimate of drug-likeness (QED) is 0.0195. The number of carboxylic acid groups (broad SMARTS) is 1. The van der Waals surface area contributed by atoms with E-state index in [1.165, 1.54) is 173 Å². The van der Waals surface area contributed by atoms with Crippen molar-refractivity contribution in [3.63, 3.8) is 0 Å². The number of ether oxygens (including phenoxy) is 4. The lowest BCUT2D eigenvalue weighted by Gasteiger charge is -2.26. The van der Waals surface area contributed by atoms with E-state index in [0.717, 1.165) is 64.2 Å². The van der Waals surface area contributed by atoms with Gasteiger partial charge in [-0.25, -0.2) is 0 Å². The second kappa shape index (κ2) is 50.2. The normalized spacial score (nSPS) is 12.9. The summed E-state index contributed by atoms with van der Waals surface area (Å²) in [6, 6.07) is 0. The first-order valence-corrected chi connectivity index (χ1v) is 28.5. The summed E-state index contributed by atoms with van der Waals surface area (Å²) in [6.45, 7) is 4.72. The van der Waals surface area contributed by atoms with E-state index in [1.54, 1.807) is 0 Å². The molecular formula is C58H109NO8. The molecule has 67 heavy (non-hydrogen) atoms. The smallest absolute Gasteiger partial charge is 0.306 e. The van der Waals surface area contributed by atoms with Crippen LogP contribution >= 0.6 is 0 Å². The number of allylic oxidation sites excluding steroid dienone is 4. The van der Waals surface area contributed by atoms with Gasteiger partial charge in [0.05, 0.1) is 40.3 Å². The van der Waals surface area contributed by atoms with Gasteiger partial charge in [-0.05, 0) is 38.5 Å². The summed E-state index contributed by atoms with van der Waals surface area (Å²) in [5, 5.41) is 11.7. The predicted octanol–water partition coefficient (Wildman–Crippen LogP) is 15.0. The molecule has 394 valence electrons. The van der Waals surface area contributed by atoms with Crippen LogP contribution in [0.5, 0.6) is 0 Å². The number of quaternary nitrogens is 1. The Morgan fingerprint density at radius 2 is 0.821 bits per heavy atom. The highest BCUT2D eigenvalue weighted by Gasteiger charge is 2.22. The van der Waals surface area contributed by atoms with Gasteiger partial charge in [0.15, 0.2) is 12.4 Å². The van der Waals surface area contributed by atoms with Gasteiger partial charge in [-0.3, -0.25) is 9.59 Å². The maximum Gasteiger partial charge on any atom is 0.306 e. The van der Waals surface area contributed by atoms with Crippen LogP contribution in [0.15, 0.2) is 24.3 Å². The van der Waals surface area contributed by atoms with Crippen LogP contribution < -0.4 is 5.11 Å². The molecule has 0 radical (unpaired) electrons. The minimum absolute atomic E-state index is 0.147. The molecule has 0 aromatic carbocycles. The summed E-state index contributed by atoms with van der Waals surface area (Å²) in [5.74, 6) is -2.29. The Bertz CT molecular complexity index is 1150. The van der Waals surface area contributed by atoms with E-state index in [2.05, 4.69) is 38.2 Å². The van der Waals surface area contributed by atoms with Crippen molar-refractivity contribution in [2.45, 2.75) is 283 Å². The van der Waals surface area contributed by atoms with Crippen LogP contribution in [-0.4, -0.2) is 82.3 Å². The van der Waals surface area contributed by atoms with E-state index in [4.69, 9.17) is 18.9 Å². The molecule has 0 spiro atoms. The SMILES string of the molecule is CCCC/C=C\C/C=C\CCCCCCCC(=O)OC(COC(=O)CCCCCCCCCCCCCCCCCCCCCCCCCCCCCC)COC(OCC[N+](C)(C)C)C(=O)[O-]. The van der Waals surface area contributed by atoms with Crippen molar-refractivity contribution >= 4 is 17.9 Å². The number of likely N-dealkylation sites (N-methyl/N-ethyl adjacent to an activating group) is 1. The standard InChI is InChI=1S/C58H109NO8/c1-6-8-10-12-14-16-18-20-22-23-24-25-26-27-28-29-30-31-32-33-34-35-37-38-40-42-44-46-48-55(60)65-52-54(53-66-58(57(62)63)64-51-50-59(3,4)5)67-56(61)49-47-45-43-41-39-36-21-19-17-15-13-11-9-7-2/h13,15,19,21,54,58H,6-12,14,16-18,20,22-53H2,1-5H3/b15-13-,21-19-. The molecule has 0 aliphatic rings. The van der Waals surface area contributed by atoms with Crippen molar-refractivity contribution in [2.75, 3.05) is 47.5 Å². The van der Waals surface area contributed by atoms with Gasteiger partial charge in [0.2, 0.25) is 0 Å². The average Bonchev–Trinajstić information content (AvgIpc) is 3.29. The number of nitrogens with zero attached hydrogens (tertiary/aromatic N) is 1. The monoisotopic (exact) mass is 948 g/mol. The maximum atomic E-state index is 12.8. The highest BCUT2D eigenvalue weighted by molar-refractivity contribution is 5.70. The Labute approximate surface area is 414 Å². The summed E-state index contributed by atoms with van der Waals surface area (Å²) >= 11 is 0. The van der Waals surface area contributed by atoms with Gasteiger partial charge < -0.3 is 33.3 Å². The second-order valence-corrected chi connectivity index (χ2v) is 20.6. The Morgan fingerprint density at radius 3 is 1.22 bits per heavy atom. The van der Waals surface area contributed by atoms with Gasteiger partial charge in [0.1, 0.15) is 13.2 Å². The minimum Gasteiger partial charge on any atom is -0.545 e. The zero-order valence-electron chi connectivity index (χ0n) is 44.8. The lowest BCUT2D eigenvalue weighted by molar-refractivity contribution is -0.870. The van der Waals surface area contributed by atoms with Gasteiger partial charge in [0.25, 0.3) is 0 Å². The first kappa shape index (κ1) is 64.8. The number of hydrogen-bond donors (Lipinski definition) is 0. The number of unbranched alkanes of at least 4 members (excludes halogenated alkanes) is 34. The van der Waals surface area contributed by atoms with E-state index in [0.29, 0.717) is 23.9 Å². The summed E-state index contributed by atoms with van der Waals surface area (Å²) < 4.78 is 22.6. The van der Waals surface area contributed by atoms with Crippen LogP contribution in [0.2, 0.25) is 0 Å². The molecule has 0 aromatic heterocycles. The van der Waals surface area contributed by atoms with Gasteiger partial charge in [-0.1, -0.05) is 244 Å². The molecule has 0 rings (SSSR count). The molecule has 0 amide bonds. The zero-order valence-corrected chi connectivity index (χ0v) is 44.8. The number of carbonyl (C=O) groups is 3. The fraction of sp³-hybridized carbons (Fsp3) is 0.879. The van der Waals surface area contributed by atoms with Gasteiger partial charge in [-0.15, -0.1) is 0 Å². The minimum atomic E-state index is -1.62. The molecule has 0 saturated carbocycles.